The Morgan fingerprint density at radius 3 is 2.89 bits per heavy atom. The summed E-state index contributed by atoms with van der Waals surface area (Å²) in [6.07, 6.45) is 1.07. The zero-order valence-corrected chi connectivity index (χ0v) is 13.3. The molecule has 100 valence electrons. The summed E-state index contributed by atoms with van der Waals surface area (Å²) in [6, 6.07) is 5.79. The predicted molar refractivity (Wildman–Crippen MR) is 82.6 cm³/mol. The normalized spacial score (nSPS) is 23.2. The standard InChI is InChI=1S/C14H20FIN2/c1-4-10-8-17-14(2,3)9-18(10)12-7-5-6-11(15)13(12)16/h5-7,10,17H,4,8-9H2,1-3H3. The molecule has 0 spiro atoms. The van der Waals surface area contributed by atoms with Crippen molar-refractivity contribution in [1.82, 2.24) is 5.32 Å². The molecule has 2 nitrogen and oxygen atoms in total. The Morgan fingerprint density at radius 1 is 1.50 bits per heavy atom. The van der Waals surface area contributed by atoms with E-state index in [-0.39, 0.29) is 11.4 Å². The molecule has 0 bridgehead atoms. The number of rotatable bonds is 2. The van der Waals surface area contributed by atoms with Gasteiger partial charge in [0.05, 0.1) is 9.26 Å². The molecule has 0 aromatic heterocycles. The van der Waals surface area contributed by atoms with E-state index in [0.717, 1.165) is 28.8 Å². The lowest BCUT2D eigenvalue weighted by atomic mass is 9.97. The predicted octanol–water partition coefficient (Wildman–Crippen LogP) is 3.40. The van der Waals surface area contributed by atoms with Crippen molar-refractivity contribution in [3.8, 4) is 0 Å². The maximum atomic E-state index is 13.7. The van der Waals surface area contributed by atoms with Crippen molar-refractivity contribution in [2.24, 2.45) is 0 Å². The molecule has 1 aromatic rings. The molecule has 1 saturated heterocycles. The van der Waals surface area contributed by atoms with Gasteiger partial charge in [0.1, 0.15) is 5.82 Å². The van der Waals surface area contributed by atoms with Crippen molar-refractivity contribution in [3.63, 3.8) is 0 Å². The fraction of sp³-hybridized carbons (Fsp3) is 0.571. The van der Waals surface area contributed by atoms with Gasteiger partial charge in [0.15, 0.2) is 0 Å². The van der Waals surface area contributed by atoms with Crippen LogP contribution in [0.2, 0.25) is 0 Å². The average Bonchev–Trinajstić information content (AvgIpc) is 2.32. The van der Waals surface area contributed by atoms with Crippen LogP contribution in [0.1, 0.15) is 27.2 Å². The third-order valence-corrected chi connectivity index (χ3v) is 4.60. The molecule has 2 rings (SSSR count). The van der Waals surface area contributed by atoms with Gasteiger partial charge in [0.25, 0.3) is 0 Å². The van der Waals surface area contributed by atoms with Gasteiger partial charge >= 0.3 is 0 Å². The molecule has 0 saturated carbocycles. The van der Waals surface area contributed by atoms with Crippen molar-refractivity contribution < 1.29 is 4.39 Å². The van der Waals surface area contributed by atoms with Gasteiger partial charge in [-0.15, -0.1) is 0 Å². The van der Waals surface area contributed by atoms with Crippen LogP contribution in [0.5, 0.6) is 0 Å². The summed E-state index contributed by atoms with van der Waals surface area (Å²) in [5.74, 6) is -0.126. The first-order valence-corrected chi connectivity index (χ1v) is 7.48. The third kappa shape index (κ3) is 2.79. The Bertz CT molecular complexity index is 434. The number of nitrogens with zero attached hydrogens (tertiary/aromatic N) is 1. The van der Waals surface area contributed by atoms with Crippen LogP contribution in [-0.2, 0) is 0 Å². The summed E-state index contributed by atoms with van der Waals surface area (Å²) < 4.78 is 14.4. The lowest BCUT2D eigenvalue weighted by Crippen LogP contribution is -2.61. The molecular formula is C14H20FIN2. The van der Waals surface area contributed by atoms with Gasteiger partial charge in [0, 0.05) is 24.7 Å². The number of anilines is 1. The van der Waals surface area contributed by atoms with Gasteiger partial charge in [-0.3, -0.25) is 0 Å². The second kappa shape index (κ2) is 5.33. The second-order valence-electron chi connectivity index (χ2n) is 5.53. The summed E-state index contributed by atoms with van der Waals surface area (Å²) in [4.78, 5) is 2.35. The van der Waals surface area contributed by atoms with Crippen LogP contribution in [-0.4, -0.2) is 24.7 Å². The van der Waals surface area contributed by atoms with Crippen LogP contribution >= 0.6 is 22.6 Å². The third-order valence-electron chi connectivity index (χ3n) is 3.53. The van der Waals surface area contributed by atoms with E-state index in [4.69, 9.17) is 0 Å². The van der Waals surface area contributed by atoms with Crippen molar-refractivity contribution in [2.75, 3.05) is 18.0 Å². The van der Waals surface area contributed by atoms with Gasteiger partial charge in [0.2, 0.25) is 0 Å². The Labute approximate surface area is 122 Å². The van der Waals surface area contributed by atoms with Crippen molar-refractivity contribution in [2.45, 2.75) is 38.8 Å². The number of benzene rings is 1. The topological polar surface area (TPSA) is 15.3 Å². The van der Waals surface area contributed by atoms with E-state index in [9.17, 15) is 4.39 Å². The van der Waals surface area contributed by atoms with E-state index in [1.807, 2.05) is 6.07 Å². The van der Waals surface area contributed by atoms with E-state index >= 15 is 0 Å². The Balaban J connectivity index is 2.36. The Morgan fingerprint density at radius 2 is 2.22 bits per heavy atom. The second-order valence-corrected chi connectivity index (χ2v) is 6.61. The van der Waals surface area contributed by atoms with E-state index < -0.39 is 0 Å². The zero-order chi connectivity index (χ0) is 13.3. The van der Waals surface area contributed by atoms with E-state index in [2.05, 4.69) is 53.6 Å². The first-order chi connectivity index (χ1) is 8.44. The highest BCUT2D eigenvalue weighted by molar-refractivity contribution is 14.1. The smallest absolute Gasteiger partial charge is 0.138 e. The molecule has 4 heteroatoms. The van der Waals surface area contributed by atoms with Crippen LogP contribution in [0.3, 0.4) is 0 Å². The SMILES string of the molecule is CCC1CNC(C)(C)CN1c1cccc(F)c1I. The number of nitrogens with one attached hydrogen (secondary N) is 1. The van der Waals surface area contributed by atoms with Gasteiger partial charge in [-0.2, -0.15) is 0 Å². The van der Waals surface area contributed by atoms with Crippen LogP contribution in [0.25, 0.3) is 0 Å². The van der Waals surface area contributed by atoms with Gasteiger partial charge in [-0.05, 0) is 55.0 Å². The number of hydrogen-bond donors (Lipinski definition) is 1. The summed E-state index contributed by atoms with van der Waals surface area (Å²) >= 11 is 2.11. The molecule has 0 radical (unpaired) electrons. The molecule has 1 heterocycles. The Kier molecular flexibility index (Phi) is 4.16. The first-order valence-electron chi connectivity index (χ1n) is 6.40. The summed E-state index contributed by atoms with van der Waals surface area (Å²) in [5.41, 5.74) is 1.10. The average molecular weight is 362 g/mol. The van der Waals surface area contributed by atoms with Crippen molar-refractivity contribution >= 4 is 28.3 Å². The monoisotopic (exact) mass is 362 g/mol. The van der Waals surface area contributed by atoms with Crippen LogP contribution < -0.4 is 10.2 Å². The zero-order valence-electron chi connectivity index (χ0n) is 11.1. The number of halogens is 2. The summed E-state index contributed by atoms with van der Waals surface area (Å²) in [7, 11) is 0. The van der Waals surface area contributed by atoms with Gasteiger partial charge < -0.3 is 10.2 Å². The minimum Gasteiger partial charge on any atom is -0.365 e. The molecule has 1 atom stereocenters. The van der Waals surface area contributed by atoms with E-state index in [1.165, 1.54) is 6.07 Å². The van der Waals surface area contributed by atoms with Crippen molar-refractivity contribution in [1.29, 1.82) is 0 Å². The minimum atomic E-state index is -0.126. The molecule has 0 amide bonds. The fourth-order valence-corrected chi connectivity index (χ4v) is 3.15. The molecule has 1 N–H and O–H groups in total. The van der Waals surface area contributed by atoms with E-state index in [1.54, 1.807) is 6.07 Å². The molecule has 1 unspecified atom stereocenters. The quantitative estimate of drug-likeness (QED) is 0.812. The molecule has 18 heavy (non-hydrogen) atoms. The molecule has 1 aromatic carbocycles. The maximum Gasteiger partial charge on any atom is 0.138 e. The lowest BCUT2D eigenvalue weighted by Gasteiger charge is -2.46. The van der Waals surface area contributed by atoms with Crippen LogP contribution in [0.15, 0.2) is 18.2 Å². The first kappa shape index (κ1) is 14.1. The number of piperazine rings is 1. The Hall–Kier alpha value is -0.360. The molecule has 1 fully saturated rings. The molecular weight excluding hydrogens is 342 g/mol. The highest BCUT2D eigenvalue weighted by Gasteiger charge is 2.32. The van der Waals surface area contributed by atoms with Gasteiger partial charge in [-0.25, -0.2) is 4.39 Å². The van der Waals surface area contributed by atoms with E-state index in [0.29, 0.717) is 6.04 Å². The largest absolute Gasteiger partial charge is 0.365 e. The summed E-state index contributed by atoms with van der Waals surface area (Å²) in [6.45, 7) is 8.43. The maximum absolute atomic E-state index is 13.7. The summed E-state index contributed by atoms with van der Waals surface area (Å²) in [5, 5.41) is 3.56. The number of hydrogen-bond acceptors (Lipinski definition) is 2. The lowest BCUT2D eigenvalue weighted by molar-refractivity contribution is 0.305. The van der Waals surface area contributed by atoms with Crippen LogP contribution in [0.4, 0.5) is 10.1 Å². The highest BCUT2D eigenvalue weighted by Crippen LogP contribution is 2.30. The molecule has 1 aliphatic heterocycles. The highest BCUT2D eigenvalue weighted by atomic mass is 127. The molecule has 0 aliphatic carbocycles. The van der Waals surface area contributed by atoms with Crippen LogP contribution in [0, 0.1) is 9.39 Å². The minimum absolute atomic E-state index is 0.0705. The van der Waals surface area contributed by atoms with Gasteiger partial charge in [-0.1, -0.05) is 13.0 Å². The fourth-order valence-electron chi connectivity index (χ4n) is 2.48. The van der Waals surface area contributed by atoms with Crippen molar-refractivity contribution in [3.05, 3.63) is 27.6 Å². The molecule has 1 aliphatic rings.